The number of nitrogens with one attached hydrogen (secondary N) is 1. The van der Waals surface area contributed by atoms with Crippen LogP contribution in [0.3, 0.4) is 0 Å². The van der Waals surface area contributed by atoms with Crippen LogP contribution < -0.4 is 5.56 Å². The molecule has 0 saturated carbocycles. The summed E-state index contributed by atoms with van der Waals surface area (Å²) < 4.78 is 1.87. The van der Waals surface area contributed by atoms with Crippen molar-refractivity contribution in [1.29, 1.82) is 0 Å². The third kappa shape index (κ3) is 3.18. The van der Waals surface area contributed by atoms with E-state index in [4.69, 9.17) is 0 Å². The lowest BCUT2D eigenvalue weighted by Gasteiger charge is -2.34. The van der Waals surface area contributed by atoms with E-state index in [0.29, 0.717) is 13.1 Å². The van der Waals surface area contributed by atoms with Gasteiger partial charge in [0.25, 0.3) is 11.5 Å². The molecule has 7 heteroatoms. The minimum absolute atomic E-state index is 0.200. The highest BCUT2D eigenvalue weighted by Crippen LogP contribution is 2.11. The fourth-order valence-corrected chi connectivity index (χ4v) is 3.17. The van der Waals surface area contributed by atoms with E-state index in [1.54, 1.807) is 17.0 Å². The van der Waals surface area contributed by atoms with E-state index < -0.39 is 0 Å². The first-order valence-corrected chi connectivity index (χ1v) is 8.33. The molecule has 7 nitrogen and oxygen atoms in total. The molecule has 0 radical (unpaired) electrons. The minimum Gasteiger partial charge on any atom is -0.336 e. The molecule has 1 saturated heterocycles. The summed E-state index contributed by atoms with van der Waals surface area (Å²) in [5.41, 5.74) is 1.97. The van der Waals surface area contributed by atoms with Crippen LogP contribution >= 0.6 is 0 Å². The van der Waals surface area contributed by atoms with Gasteiger partial charge >= 0.3 is 0 Å². The first kappa shape index (κ1) is 15.6. The molecule has 3 aromatic rings. The van der Waals surface area contributed by atoms with Gasteiger partial charge in [0.2, 0.25) is 0 Å². The number of pyridine rings is 2. The Kier molecular flexibility index (Phi) is 4.07. The largest absolute Gasteiger partial charge is 0.336 e. The molecule has 1 aliphatic heterocycles. The van der Waals surface area contributed by atoms with Gasteiger partial charge in [-0.15, -0.1) is 0 Å². The summed E-state index contributed by atoms with van der Waals surface area (Å²) in [4.78, 5) is 30.8. The van der Waals surface area contributed by atoms with Gasteiger partial charge in [-0.1, -0.05) is 6.07 Å². The average molecular weight is 337 g/mol. The van der Waals surface area contributed by atoms with Crippen molar-refractivity contribution >= 4 is 11.4 Å². The fourth-order valence-electron chi connectivity index (χ4n) is 3.17. The molecule has 1 N–H and O–H groups in total. The topological polar surface area (TPSA) is 73.7 Å². The van der Waals surface area contributed by atoms with E-state index in [2.05, 4.69) is 21.0 Å². The van der Waals surface area contributed by atoms with Gasteiger partial charge in [0.1, 0.15) is 5.56 Å². The smallest absolute Gasteiger partial charge is 0.260 e. The molecule has 0 bridgehead atoms. The summed E-state index contributed by atoms with van der Waals surface area (Å²) in [6.07, 6.45) is 3.47. The number of carbonyl (C=O) groups excluding carboxylic acids is 1. The fraction of sp³-hybridized carbons (Fsp3) is 0.278. The lowest BCUT2D eigenvalue weighted by molar-refractivity contribution is 0.0625. The highest BCUT2D eigenvalue weighted by Gasteiger charge is 2.24. The summed E-state index contributed by atoms with van der Waals surface area (Å²) in [6, 6.07) is 11.3. The standard InChI is InChI=1S/C18H19N5O2/c24-17-16(5-3-6-19-17)18(25)22-10-8-21(9-11-22)13-14-12-15-4-1-2-7-23(15)20-14/h1-7,12H,8-11,13H2,(H,19,24). The zero-order chi connectivity index (χ0) is 17.2. The van der Waals surface area contributed by atoms with Crippen molar-refractivity contribution in [3.8, 4) is 0 Å². The van der Waals surface area contributed by atoms with Gasteiger partial charge in [0.15, 0.2) is 0 Å². The van der Waals surface area contributed by atoms with Gasteiger partial charge in [0.05, 0.1) is 11.2 Å². The third-order valence-electron chi connectivity index (χ3n) is 4.51. The zero-order valence-corrected chi connectivity index (χ0v) is 13.8. The highest BCUT2D eigenvalue weighted by atomic mass is 16.2. The van der Waals surface area contributed by atoms with E-state index in [1.807, 2.05) is 28.9 Å². The van der Waals surface area contributed by atoms with Crippen molar-refractivity contribution in [2.75, 3.05) is 26.2 Å². The van der Waals surface area contributed by atoms with Gasteiger partial charge < -0.3 is 9.88 Å². The van der Waals surface area contributed by atoms with Gasteiger partial charge in [0, 0.05) is 45.1 Å². The summed E-state index contributed by atoms with van der Waals surface area (Å²) in [7, 11) is 0. The Morgan fingerprint density at radius 1 is 1.12 bits per heavy atom. The van der Waals surface area contributed by atoms with Crippen LogP contribution in [-0.4, -0.2) is 56.5 Å². The number of hydrogen-bond acceptors (Lipinski definition) is 4. The SMILES string of the molecule is O=C(c1ccc[nH]c1=O)N1CCN(Cc2cc3ccccn3n2)CC1. The Labute approximate surface area is 144 Å². The van der Waals surface area contributed by atoms with Crippen molar-refractivity contribution in [2.24, 2.45) is 0 Å². The van der Waals surface area contributed by atoms with Crippen LogP contribution in [0.2, 0.25) is 0 Å². The minimum atomic E-state index is -0.334. The first-order valence-electron chi connectivity index (χ1n) is 8.33. The quantitative estimate of drug-likeness (QED) is 0.773. The number of aromatic nitrogens is 3. The van der Waals surface area contributed by atoms with Crippen molar-refractivity contribution in [2.45, 2.75) is 6.54 Å². The van der Waals surface area contributed by atoms with E-state index in [-0.39, 0.29) is 17.0 Å². The number of hydrogen-bond donors (Lipinski definition) is 1. The maximum absolute atomic E-state index is 12.5. The molecule has 25 heavy (non-hydrogen) atoms. The summed E-state index contributed by atoms with van der Waals surface area (Å²) in [6.45, 7) is 3.52. The molecule has 1 amide bonds. The Morgan fingerprint density at radius 3 is 2.72 bits per heavy atom. The van der Waals surface area contributed by atoms with Crippen LogP contribution in [0.25, 0.3) is 5.52 Å². The lowest BCUT2D eigenvalue weighted by atomic mass is 10.2. The number of fused-ring (bicyclic) bond motifs is 1. The van der Waals surface area contributed by atoms with Crippen molar-refractivity contribution in [3.05, 3.63) is 70.4 Å². The van der Waals surface area contributed by atoms with Gasteiger partial charge in [-0.25, -0.2) is 4.52 Å². The van der Waals surface area contributed by atoms with Crippen LogP contribution in [0.15, 0.2) is 53.6 Å². The molecule has 128 valence electrons. The molecular formula is C18H19N5O2. The molecule has 1 aliphatic rings. The summed E-state index contributed by atoms with van der Waals surface area (Å²) in [5, 5.41) is 4.57. The molecule has 0 spiro atoms. The molecule has 0 unspecified atom stereocenters. The Morgan fingerprint density at radius 2 is 1.96 bits per heavy atom. The second kappa shape index (κ2) is 6.52. The predicted molar refractivity (Wildman–Crippen MR) is 93.4 cm³/mol. The van der Waals surface area contributed by atoms with E-state index in [0.717, 1.165) is 30.8 Å². The monoisotopic (exact) mass is 337 g/mol. The summed E-state index contributed by atoms with van der Waals surface area (Å²) >= 11 is 0. The third-order valence-corrected chi connectivity index (χ3v) is 4.51. The molecule has 3 aromatic heterocycles. The number of amides is 1. The second-order valence-electron chi connectivity index (χ2n) is 6.19. The van der Waals surface area contributed by atoms with Crippen LogP contribution in [0, 0.1) is 0 Å². The number of H-pyrrole nitrogens is 1. The average Bonchev–Trinajstić information content (AvgIpc) is 3.04. The second-order valence-corrected chi connectivity index (χ2v) is 6.19. The van der Waals surface area contributed by atoms with E-state index in [9.17, 15) is 9.59 Å². The molecule has 4 heterocycles. The lowest BCUT2D eigenvalue weighted by Crippen LogP contribution is -2.49. The predicted octanol–water partition coefficient (Wildman–Crippen LogP) is 0.981. The zero-order valence-electron chi connectivity index (χ0n) is 13.8. The van der Waals surface area contributed by atoms with Crippen LogP contribution in [0.5, 0.6) is 0 Å². The molecule has 4 rings (SSSR count). The summed E-state index contributed by atoms with van der Waals surface area (Å²) in [5.74, 6) is -0.200. The molecule has 1 fully saturated rings. The van der Waals surface area contributed by atoms with Gasteiger partial charge in [-0.05, 0) is 30.3 Å². The highest BCUT2D eigenvalue weighted by molar-refractivity contribution is 5.93. The van der Waals surface area contributed by atoms with E-state index in [1.165, 1.54) is 6.20 Å². The normalized spacial score (nSPS) is 15.6. The maximum atomic E-state index is 12.5. The van der Waals surface area contributed by atoms with Gasteiger partial charge in [-0.3, -0.25) is 14.5 Å². The van der Waals surface area contributed by atoms with Crippen molar-refractivity contribution < 1.29 is 4.79 Å². The molecular weight excluding hydrogens is 318 g/mol. The Bertz CT molecular complexity index is 920. The number of rotatable bonds is 3. The first-order chi connectivity index (χ1) is 12.2. The molecule has 0 atom stereocenters. The van der Waals surface area contributed by atoms with Crippen molar-refractivity contribution in [3.63, 3.8) is 0 Å². The Hall–Kier alpha value is -2.93. The van der Waals surface area contributed by atoms with Crippen LogP contribution in [0.1, 0.15) is 16.1 Å². The molecule has 0 aromatic carbocycles. The van der Waals surface area contributed by atoms with Crippen LogP contribution in [0.4, 0.5) is 0 Å². The molecule has 0 aliphatic carbocycles. The number of piperazine rings is 1. The van der Waals surface area contributed by atoms with Gasteiger partial charge in [-0.2, -0.15) is 5.10 Å². The van der Waals surface area contributed by atoms with E-state index >= 15 is 0 Å². The Balaban J connectivity index is 1.39. The number of aromatic amines is 1. The van der Waals surface area contributed by atoms with Crippen molar-refractivity contribution in [1.82, 2.24) is 24.4 Å². The van der Waals surface area contributed by atoms with Crippen LogP contribution in [-0.2, 0) is 6.54 Å². The number of carbonyl (C=O) groups is 1. The number of nitrogens with zero attached hydrogens (tertiary/aromatic N) is 4. The maximum Gasteiger partial charge on any atom is 0.260 e.